The third kappa shape index (κ3) is 3.75. The molecular formula is C14H20N2OS. The van der Waals surface area contributed by atoms with Crippen molar-refractivity contribution in [3.63, 3.8) is 0 Å². The molecule has 98 valence electrons. The van der Waals surface area contributed by atoms with Crippen molar-refractivity contribution in [3.05, 3.63) is 29.8 Å². The molecule has 0 radical (unpaired) electrons. The van der Waals surface area contributed by atoms with E-state index >= 15 is 0 Å². The van der Waals surface area contributed by atoms with Gasteiger partial charge in [-0.05, 0) is 62.4 Å². The average molecular weight is 264 g/mol. The van der Waals surface area contributed by atoms with E-state index < -0.39 is 0 Å². The molecular weight excluding hydrogens is 244 g/mol. The minimum atomic E-state index is 0.0357. The summed E-state index contributed by atoms with van der Waals surface area (Å²) in [7, 11) is 0. The van der Waals surface area contributed by atoms with Gasteiger partial charge in [-0.15, -0.1) is 11.8 Å². The van der Waals surface area contributed by atoms with Crippen LogP contribution in [-0.2, 0) is 0 Å². The van der Waals surface area contributed by atoms with Gasteiger partial charge in [0.2, 0.25) is 0 Å². The summed E-state index contributed by atoms with van der Waals surface area (Å²) >= 11 is 1.69. The molecule has 2 rings (SSSR count). The zero-order valence-electron chi connectivity index (χ0n) is 10.7. The third-order valence-corrected chi connectivity index (χ3v) is 4.10. The maximum atomic E-state index is 11.9. The molecule has 0 saturated carbocycles. The van der Waals surface area contributed by atoms with Crippen LogP contribution in [0.3, 0.4) is 0 Å². The molecule has 1 heterocycles. The largest absolute Gasteiger partial charge is 0.352 e. The van der Waals surface area contributed by atoms with E-state index in [0.717, 1.165) is 37.5 Å². The summed E-state index contributed by atoms with van der Waals surface area (Å²) < 4.78 is 0. The summed E-state index contributed by atoms with van der Waals surface area (Å²) in [6, 6.07) is 7.75. The Bertz CT molecular complexity index is 385. The Hall–Kier alpha value is -1.00. The Balaban J connectivity index is 1.76. The molecule has 0 aliphatic carbocycles. The number of hydrogen-bond acceptors (Lipinski definition) is 3. The molecule has 1 unspecified atom stereocenters. The Morgan fingerprint density at radius 3 is 2.83 bits per heavy atom. The van der Waals surface area contributed by atoms with Gasteiger partial charge in [-0.1, -0.05) is 0 Å². The van der Waals surface area contributed by atoms with Gasteiger partial charge in [-0.2, -0.15) is 0 Å². The van der Waals surface area contributed by atoms with Crippen LogP contribution in [0.5, 0.6) is 0 Å². The smallest absolute Gasteiger partial charge is 0.251 e. The van der Waals surface area contributed by atoms with Crippen LogP contribution in [0.1, 0.15) is 23.2 Å². The van der Waals surface area contributed by atoms with Crippen molar-refractivity contribution in [2.75, 3.05) is 25.9 Å². The van der Waals surface area contributed by atoms with E-state index in [2.05, 4.69) is 10.6 Å². The van der Waals surface area contributed by atoms with Gasteiger partial charge in [0.05, 0.1) is 0 Å². The number of rotatable bonds is 5. The van der Waals surface area contributed by atoms with Crippen LogP contribution in [0.15, 0.2) is 29.2 Å². The summed E-state index contributed by atoms with van der Waals surface area (Å²) in [5.41, 5.74) is 0.748. The van der Waals surface area contributed by atoms with Crippen LogP contribution in [-0.4, -0.2) is 31.8 Å². The fourth-order valence-electron chi connectivity index (χ4n) is 2.20. The second-order valence-electron chi connectivity index (χ2n) is 4.63. The van der Waals surface area contributed by atoms with Crippen LogP contribution in [0.2, 0.25) is 0 Å². The van der Waals surface area contributed by atoms with E-state index in [9.17, 15) is 4.79 Å². The summed E-state index contributed by atoms with van der Waals surface area (Å²) in [5, 5.41) is 6.33. The van der Waals surface area contributed by atoms with Crippen LogP contribution < -0.4 is 10.6 Å². The number of amides is 1. The van der Waals surface area contributed by atoms with Crippen molar-refractivity contribution in [3.8, 4) is 0 Å². The predicted molar refractivity (Wildman–Crippen MR) is 76.1 cm³/mol. The molecule has 2 N–H and O–H groups in total. The van der Waals surface area contributed by atoms with E-state index in [1.54, 1.807) is 11.8 Å². The number of nitrogens with one attached hydrogen (secondary N) is 2. The highest BCUT2D eigenvalue weighted by Gasteiger charge is 2.14. The lowest BCUT2D eigenvalue weighted by atomic mass is 10.1. The van der Waals surface area contributed by atoms with E-state index in [1.807, 2.05) is 30.5 Å². The lowest BCUT2D eigenvalue weighted by Crippen LogP contribution is -2.26. The first-order valence-corrected chi connectivity index (χ1v) is 7.65. The lowest BCUT2D eigenvalue weighted by Gasteiger charge is -2.09. The Labute approximate surface area is 113 Å². The number of benzene rings is 1. The van der Waals surface area contributed by atoms with E-state index in [0.29, 0.717) is 0 Å². The quantitative estimate of drug-likeness (QED) is 0.801. The van der Waals surface area contributed by atoms with E-state index in [4.69, 9.17) is 0 Å². The molecule has 18 heavy (non-hydrogen) atoms. The lowest BCUT2D eigenvalue weighted by molar-refractivity contribution is 0.0951. The third-order valence-electron chi connectivity index (χ3n) is 3.35. The Kier molecular flexibility index (Phi) is 5.08. The first-order chi connectivity index (χ1) is 8.79. The fraction of sp³-hybridized carbons (Fsp3) is 0.500. The molecule has 0 aromatic heterocycles. The Morgan fingerprint density at radius 2 is 2.22 bits per heavy atom. The van der Waals surface area contributed by atoms with Crippen LogP contribution in [0.25, 0.3) is 0 Å². The molecule has 0 bridgehead atoms. The predicted octanol–water partition coefficient (Wildman–Crippen LogP) is 2.14. The molecule has 1 aromatic carbocycles. The molecule has 1 aliphatic heterocycles. The number of carbonyl (C=O) groups is 1. The van der Waals surface area contributed by atoms with Gasteiger partial charge in [-0.3, -0.25) is 4.79 Å². The van der Waals surface area contributed by atoms with Crippen LogP contribution in [0, 0.1) is 5.92 Å². The van der Waals surface area contributed by atoms with Gasteiger partial charge in [0, 0.05) is 17.0 Å². The molecule has 0 spiro atoms. The summed E-state index contributed by atoms with van der Waals surface area (Å²) in [6.07, 6.45) is 4.34. The van der Waals surface area contributed by atoms with Gasteiger partial charge in [0.25, 0.3) is 5.91 Å². The molecule has 1 fully saturated rings. The van der Waals surface area contributed by atoms with Crippen LogP contribution in [0.4, 0.5) is 0 Å². The topological polar surface area (TPSA) is 41.1 Å². The highest BCUT2D eigenvalue weighted by molar-refractivity contribution is 7.98. The second-order valence-corrected chi connectivity index (χ2v) is 5.51. The van der Waals surface area contributed by atoms with Gasteiger partial charge in [0.15, 0.2) is 0 Å². The normalized spacial score (nSPS) is 18.8. The molecule has 1 saturated heterocycles. The highest BCUT2D eigenvalue weighted by Crippen LogP contribution is 2.15. The zero-order chi connectivity index (χ0) is 12.8. The molecule has 3 nitrogen and oxygen atoms in total. The fourth-order valence-corrected chi connectivity index (χ4v) is 2.60. The molecule has 1 amide bonds. The van der Waals surface area contributed by atoms with Crippen molar-refractivity contribution < 1.29 is 4.79 Å². The Morgan fingerprint density at radius 1 is 1.44 bits per heavy atom. The first-order valence-electron chi connectivity index (χ1n) is 6.42. The van der Waals surface area contributed by atoms with Crippen molar-refractivity contribution in [1.29, 1.82) is 0 Å². The maximum absolute atomic E-state index is 11.9. The molecule has 4 heteroatoms. The van der Waals surface area contributed by atoms with Crippen molar-refractivity contribution in [2.24, 2.45) is 5.92 Å². The summed E-state index contributed by atoms with van der Waals surface area (Å²) in [4.78, 5) is 13.1. The number of thioether (sulfide) groups is 1. The first kappa shape index (κ1) is 13.4. The second kappa shape index (κ2) is 6.81. The highest BCUT2D eigenvalue weighted by atomic mass is 32.2. The van der Waals surface area contributed by atoms with Crippen molar-refractivity contribution in [2.45, 2.75) is 17.7 Å². The average Bonchev–Trinajstić information content (AvgIpc) is 2.92. The molecule has 1 aliphatic rings. The van der Waals surface area contributed by atoms with Gasteiger partial charge in [0.1, 0.15) is 0 Å². The minimum Gasteiger partial charge on any atom is -0.352 e. The zero-order valence-corrected chi connectivity index (χ0v) is 11.6. The maximum Gasteiger partial charge on any atom is 0.251 e. The molecule has 1 aromatic rings. The van der Waals surface area contributed by atoms with Gasteiger partial charge in [-0.25, -0.2) is 0 Å². The number of carbonyl (C=O) groups excluding carboxylic acids is 1. The van der Waals surface area contributed by atoms with Crippen LogP contribution >= 0.6 is 11.8 Å². The monoisotopic (exact) mass is 264 g/mol. The van der Waals surface area contributed by atoms with E-state index in [1.165, 1.54) is 11.3 Å². The van der Waals surface area contributed by atoms with Gasteiger partial charge >= 0.3 is 0 Å². The van der Waals surface area contributed by atoms with Crippen molar-refractivity contribution >= 4 is 17.7 Å². The number of hydrogen-bond donors (Lipinski definition) is 2. The van der Waals surface area contributed by atoms with E-state index in [-0.39, 0.29) is 5.91 Å². The van der Waals surface area contributed by atoms with Gasteiger partial charge < -0.3 is 10.6 Å². The van der Waals surface area contributed by atoms with Crippen molar-refractivity contribution in [1.82, 2.24) is 10.6 Å². The standard InChI is InChI=1S/C14H20N2OS/c1-18-13-4-2-12(3-5-13)14(17)16-9-7-11-6-8-15-10-11/h2-5,11,15H,6-10H2,1H3,(H,16,17). The minimum absolute atomic E-state index is 0.0357. The summed E-state index contributed by atoms with van der Waals surface area (Å²) in [5.74, 6) is 0.762. The summed E-state index contributed by atoms with van der Waals surface area (Å²) in [6.45, 7) is 2.99. The molecule has 1 atom stereocenters. The SMILES string of the molecule is CSc1ccc(C(=O)NCCC2CCNC2)cc1.